The monoisotopic (exact) mass is 194 g/mol. The lowest BCUT2D eigenvalue weighted by Crippen LogP contribution is -2.43. The van der Waals surface area contributed by atoms with Gasteiger partial charge in [-0.25, -0.2) is 0 Å². The predicted molar refractivity (Wildman–Crippen MR) is 58.0 cm³/mol. The highest BCUT2D eigenvalue weighted by atomic mass is 16.1. The molecular weight excluding hydrogens is 172 g/mol. The maximum atomic E-state index is 11.5. The Morgan fingerprint density at radius 2 is 1.93 bits per heavy atom. The minimum Gasteiger partial charge on any atom is -0.300 e. The average molecular weight is 194 g/mol. The van der Waals surface area contributed by atoms with Crippen LogP contribution in [0.1, 0.15) is 52.9 Å². The Morgan fingerprint density at radius 1 is 1.21 bits per heavy atom. The van der Waals surface area contributed by atoms with Gasteiger partial charge in [-0.3, -0.25) is 4.79 Å². The predicted octanol–water partition coefficient (Wildman–Crippen LogP) is 3.43. The molecule has 0 unspecified atom stereocenters. The Hall–Kier alpha value is -0.330. The van der Waals surface area contributed by atoms with E-state index in [4.69, 9.17) is 0 Å². The third-order valence-electron chi connectivity index (χ3n) is 5.01. The number of hydrogen-bond acceptors (Lipinski definition) is 1. The molecule has 0 heterocycles. The van der Waals surface area contributed by atoms with Gasteiger partial charge < -0.3 is 0 Å². The largest absolute Gasteiger partial charge is 0.300 e. The Kier molecular flexibility index (Phi) is 2.45. The first-order valence-corrected chi connectivity index (χ1v) is 6.03. The smallest absolute Gasteiger partial charge is 0.133 e. The Bertz CT molecular complexity index is 242. The lowest BCUT2D eigenvalue weighted by atomic mass is 9.55. The number of carbonyl (C=O) groups excluding carboxylic acids is 1. The van der Waals surface area contributed by atoms with Gasteiger partial charge >= 0.3 is 0 Å². The average Bonchev–Trinajstić information content (AvgIpc) is 2.13. The summed E-state index contributed by atoms with van der Waals surface area (Å²) in [6.07, 6.45) is 5.61. The summed E-state index contributed by atoms with van der Waals surface area (Å²) < 4.78 is 0. The van der Waals surface area contributed by atoms with Gasteiger partial charge in [0.05, 0.1) is 0 Å². The highest BCUT2D eigenvalue weighted by Crippen LogP contribution is 2.52. The first-order valence-electron chi connectivity index (χ1n) is 6.03. The van der Waals surface area contributed by atoms with E-state index in [0.29, 0.717) is 17.1 Å². The van der Waals surface area contributed by atoms with Gasteiger partial charge in [0, 0.05) is 12.8 Å². The van der Waals surface area contributed by atoms with E-state index in [2.05, 4.69) is 20.8 Å². The second-order valence-electron chi connectivity index (χ2n) is 5.95. The number of fused-ring (bicyclic) bond motifs is 1. The molecule has 0 aromatic rings. The van der Waals surface area contributed by atoms with Gasteiger partial charge in [0.15, 0.2) is 0 Å². The molecule has 1 nitrogen and oxygen atoms in total. The summed E-state index contributed by atoms with van der Waals surface area (Å²) in [7, 11) is 0. The van der Waals surface area contributed by atoms with E-state index in [-0.39, 0.29) is 0 Å². The second-order valence-corrected chi connectivity index (χ2v) is 5.95. The van der Waals surface area contributed by atoms with Gasteiger partial charge in [0.2, 0.25) is 0 Å². The maximum Gasteiger partial charge on any atom is 0.133 e. The number of hydrogen-bond donors (Lipinski definition) is 0. The van der Waals surface area contributed by atoms with Gasteiger partial charge in [-0.2, -0.15) is 0 Å². The zero-order chi connectivity index (χ0) is 10.3. The van der Waals surface area contributed by atoms with Crippen LogP contribution in [0, 0.1) is 23.2 Å². The molecule has 2 aliphatic rings. The molecule has 2 aliphatic carbocycles. The molecule has 0 saturated heterocycles. The summed E-state index contributed by atoms with van der Waals surface area (Å²) in [5.74, 6) is 2.81. The van der Waals surface area contributed by atoms with Gasteiger partial charge in [0.25, 0.3) is 0 Å². The molecule has 1 heteroatoms. The summed E-state index contributed by atoms with van der Waals surface area (Å²) in [4.78, 5) is 11.5. The molecule has 0 aromatic carbocycles. The molecule has 0 radical (unpaired) electrons. The molecular formula is C13H22O. The molecule has 0 amide bonds. The van der Waals surface area contributed by atoms with Crippen molar-refractivity contribution in [3.05, 3.63) is 0 Å². The SMILES string of the molecule is C[C@@H]1CC[C@H]2CCC(=O)C[C@@H]2C1(C)C. The van der Waals surface area contributed by atoms with Gasteiger partial charge in [-0.15, -0.1) is 0 Å². The Balaban J connectivity index is 2.19. The van der Waals surface area contributed by atoms with Gasteiger partial charge in [0.1, 0.15) is 5.78 Å². The molecule has 2 saturated carbocycles. The number of carbonyl (C=O) groups is 1. The molecule has 0 bridgehead atoms. The van der Waals surface area contributed by atoms with Crippen LogP contribution < -0.4 is 0 Å². The molecule has 0 aromatic heterocycles. The van der Waals surface area contributed by atoms with E-state index in [9.17, 15) is 4.79 Å². The first-order chi connectivity index (χ1) is 6.51. The van der Waals surface area contributed by atoms with E-state index in [1.165, 1.54) is 19.3 Å². The minimum atomic E-state index is 0.388. The fourth-order valence-electron chi connectivity index (χ4n) is 3.48. The van der Waals surface area contributed by atoms with E-state index in [1.807, 2.05) is 0 Å². The van der Waals surface area contributed by atoms with Gasteiger partial charge in [-0.1, -0.05) is 20.8 Å². The molecule has 0 spiro atoms. The summed E-state index contributed by atoms with van der Waals surface area (Å²) in [6.45, 7) is 7.09. The van der Waals surface area contributed by atoms with Crippen molar-refractivity contribution in [3.63, 3.8) is 0 Å². The van der Waals surface area contributed by atoms with Crippen LogP contribution in [-0.2, 0) is 4.79 Å². The highest BCUT2D eigenvalue weighted by Gasteiger charge is 2.45. The fraction of sp³-hybridized carbons (Fsp3) is 0.923. The fourth-order valence-corrected chi connectivity index (χ4v) is 3.48. The van der Waals surface area contributed by atoms with Crippen molar-refractivity contribution in [2.75, 3.05) is 0 Å². The lowest BCUT2D eigenvalue weighted by molar-refractivity contribution is -0.127. The van der Waals surface area contributed by atoms with E-state index in [0.717, 1.165) is 24.7 Å². The molecule has 2 rings (SSSR count). The maximum absolute atomic E-state index is 11.5. The van der Waals surface area contributed by atoms with Crippen molar-refractivity contribution in [3.8, 4) is 0 Å². The number of Topliss-reactive ketones (excluding diaryl/α,β-unsaturated/α-hetero) is 1. The van der Waals surface area contributed by atoms with Crippen LogP contribution in [0.3, 0.4) is 0 Å². The quantitative estimate of drug-likeness (QED) is 0.577. The third-order valence-corrected chi connectivity index (χ3v) is 5.01. The summed E-state index contributed by atoms with van der Waals surface area (Å²) in [6, 6.07) is 0. The third kappa shape index (κ3) is 1.51. The summed E-state index contributed by atoms with van der Waals surface area (Å²) in [5, 5.41) is 0. The minimum absolute atomic E-state index is 0.388. The molecule has 2 fully saturated rings. The van der Waals surface area contributed by atoms with Crippen LogP contribution in [0.25, 0.3) is 0 Å². The zero-order valence-corrected chi connectivity index (χ0v) is 9.68. The molecule has 80 valence electrons. The van der Waals surface area contributed by atoms with Crippen LogP contribution in [0.2, 0.25) is 0 Å². The summed E-state index contributed by atoms with van der Waals surface area (Å²) >= 11 is 0. The number of ketones is 1. The molecule has 14 heavy (non-hydrogen) atoms. The van der Waals surface area contributed by atoms with Crippen LogP contribution >= 0.6 is 0 Å². The zero-order valence-electron chi connectivity index (χ0n) is 9.68. The summed E-state index contributed by atoms with van der Waals surface area (Å²) in [5.41, 5.74) is 0.388. The van der Waals surface area contributed by atoms with Crippen molar-refractivity contribution in [2.45, 2.75) is 52.9 Å². The topological polar surface area (TPSA) is 17.1 Å². The normalized spacial score (nSPS) is 41.9. The van der Waals surface area contributed by atoms with Crippen LogP contribution in [0.15, 0.2) is 0 Å². The van der Waals surface area contributed by atoms with Crippen molar-refractivity contribution in [2.24, 2.45) is 23.2 Å². The Labute approximate surface area is 87.3 Å². The molecule has 0 N–H and O–H groups in total. The van der Waals surface area contributed by atoms with Crippen molar-refractivity contribution < 1.29 is 4.79 Å². The van der Waals surface area contributed by atoms with Crippen LogP contribution in [-0.4, -0.2) is 5.78 Å². The number of rotatable bonds is 0. The highest BCUT2D eigenvalue weighted by molar-refractivity contribution is 5.79. The lowest BCUT2D eigenvalue weighted by Gasteiger charge is -2.50. The van der Waals surface area contributed by atoms with Crippen molar-refractivity contribution in [1.29, 1.82) is 0 Å². The Morgan fingerprint density at radius 3 is 2.64 bits per heavy atom. The van der Waals surface area contributed by atoms with Crippen molar-refractivity contribution >= 4 is 5.78 Å². The molecule has 3 atom stereocenters. The standard InChI is InChI=1S/C13H22O/c1-9-4-5-10-6-7-11(14)8-12(10)13(9,2)3/h9-10,12H,4-8H2,1-3H3/t9-,10+,12+/m1/s1. The van der Waals surface area contributed by atoms with Crippen LogP contribution in [0.5, 0.6) is 0 Å². The second kappa shape index (κ2) is 3.36. The van der Waals surface area contributed by atoms with Crippen LogP contribution in [0.4, 0.5) is 0 Å². The molecule has 0 aliphatic heterocycles. The van der Waals surface area contributed by atoms with Gasteiger partial charge in [-0.05, 0) is 42.4 Å². The van der Waals surface area contributed by atoms with Crippen molar-refractivity contribution in [1.82, 2.24) is 0 Å². The first kappa shape index (κ1) is 10.2. The van der Waals surface area contributed by atoms with E-state index >= 15 is 0 Å². The van der Waals surface area contributed by atoms with E-state index in [1.54, 1.807) is 0 Å². The van der Waals surface area contributed by atoms with E-state index < -0.39 is 0 Å².